The summed E-state index contributed by atoms with van der Waals surface area (Å²) in [5, 5.41) is 9.97. The number of hydrogen-bond acceptors (Lipinski definition) is 5. The van der Waals surface area contributed by atoms with E-state index in [1.54, 1.807) is 13.2 Å². The summed E-state index contributed by atoms with van der Waals surface area (Å²) in [4.78, 5) is 20.0. The van der Waals surface area contributed by atoms with Gasteiger partial charge in [0.1, 0.15) is 5.75 Å². The second kappa shape index (κ2) is 7.78. The minimum absolute atomic E-state index is 0.222. The molecule has 0 aromatic heterocycles. The molecule has 4 saturated heterocycles. The summed E-state index contributed by atoms with van der Waals surface area (Å²) in [6.07, 6.45) is 2.38. The predicted octanol–water partition coefficient (Wildman–Crippen LogP) is 1.36. The molecular weight excluding hydrogens is 342 g/mol. The average molecular weight is 373 g/mol. The Morgan fingerprint density at radius 2 is 2.07 bits per heavy atom. The predicted molar refractivity (Wildman–Crippen MR) is 104 cm³/mol. The lowest BCUT2D eigenvalue weighted by Crippen LogP contribution is -2.61. The smallest absolute Gasteiger partial charge is 0.237 e. The van der Waals surface area contributed by atoms with Crippen molar-refractivity contribution in [3.63, 3.8) is 0 Å². The summed E-state index contributed by atoms with van der Waals surface area (Å²) in [6, 6.07) is 8.30. The number of carbonyl (C=O) groups excluding carboxylic acids is 1. The highest BCUT2D eigenvalue weighted by atomic mass is 16.5. The van der Waals surface area contributed by atoms with Gasteiger partial charge in [-0.05, 0) is 56.6 Å². The van der Waals surface area contributed by atoms with Gasteiger partial charge in [-0.2, -0.15) is 0 Å². The number of benzene rings is 1. The monoisotopic (exact) mass is 373 g/mol. The molecule has 0 radical (unpaired) electrons. The molecule has 0 saturated carbocycles. The van der Waals surface area contributed by atoms with Gasteiger partial charge in [-0.3, -0.25) is 14.6 Å². The van der Waals surface area contributed by atoms with Gasteiger partial charge in [0.15, 0.2) is 0 Å². The third kappa shape index (κ3) is 3.58. The number of methoxy groups -OCH3 is 1. The molecule has 2 bridgehead atoms. The summed E-state index contributed by atoms with van der Waals surface area (Å²) in [7, 11) is 3.67. The molecule has 1 N–H and O–H groups in total. The molecule has 1 aromatic carbocycles. The normalized spacial score (nSPS) is 32.1. The summed E-state index contributed by atoms with van der Waals surface area (Å²) < 4.78 is 5.13. The van der Waals surface area contributed by atoms with Crippen LogP contribution < -0.4 is 0 Å². The number of aromatic hydroxyl groups is 1. The third-order valence-electron chi connectivity index (χ3n) is 6.70. The maximum atomic E-state index is 13.2. The summed E-state index contributed by atoms with van der Waals surface area (Å²) in [5.74, 6) is 1.41. The molecule has 27 heavy (non-hydrogen) atoms. The van der Waals surface area contributed by atoms with E-state index in [0.717, 1.165) is 31.7 Å². The van der Waals surface area contributed by atoms with Crippen LogP contribution in [0.3, 0.4) is 0 Å². The number of rotatable bonds is 6. The quantitative estimate of drug-likeness (QED) is 0.816. The second-order valence-electron chi connectivity index (χ2n) is 8.33. The molecule has 4 aliphatic heterocycles. The van der Waals surface area contributed by atoms with Crippen LogP contribution in [0.25, 0.3) is 0 Å². The lowest BCUT2D eigenvalue weighted by atomic mass is 9.75. The molecule has 0 unspecified atom stereocenters. The number of piperidine rings is 3. The molecule has 0 spiro atoms. The first-order valence-electron chi connectivity index (χ1n) is 10.1. The first kappa shape index (κ1) is 18.7. The van der Waals surface area contributed by atoms with Crippen molar-refractivity contribution < 1.29 is 14.6 Å². The standard InChI is InChI=1S/C21H31N3O3/c1-22(10-11-27-2)14-19(26)24-13-18(16-4-3-5-17(25)12-16)21-20(24)15-6-8-23(21)9-7-15/h3-5,12,15,18,20-21,25H,6-11,13-14H2,1-2H3/t18-,20+,21+/m1/s1. The highest BCUT2D eigenvalue weighted by molar-refractivity contribution is 5.79. The molecule has 3 atom stereocenters. The fraction of sp³-hybridized carbons (Fsp3) is 0.667. The first-order valence-corrected chi connectivity index (χ1v) is 10.1. The maximum Gasteiger partial charge on any atom is 0.237 e. The lowest BCUT2D eigenvalue weighted by molar-refractivity contribution is -0.137. The molecule has 6 heteroatoms. The van der Waals surface area contributed by atoms with Crippen molar-refractivity contribution >= 4 is 5.91 Å². The molecule has 5 rings (SSSR count). The van der Waals surface area contributed by atoms with E-state index in [9.17, 15) is 9.90 Å². The van der Waals surface area contributed by atoms with Crippen molar-refractivity contribution in [2.24, 2.45) is 5.92 Å². The van der Waals surface area contributed by atoms with Gasteiger partial charge >= 0.3 is 0 Å². The van der Waals surface area contributed by atoms with Crippen molar-refractivity contribution in [2.45, 2.75) is 30.8 Å². The number of amides is 1. The Hall–Kier alpha value is -1.63. The largest absolute Gasteiger partial charge is 0.508 e. The van der Waals surface area contributed by atoms with Crippen LogP contribution >= 0.6 is 0 Å². The number of nitrogens with zero attached hydrogens (tertiary/aromatic N) is 3. The van der Waals surface area contributed by atoms with E-state index >= 15 is 0 Å². The number of likely N-dealkylation sites (N-methyl/N-ethyl adjacent to an activating group) is 1. The van der Waals surface area contributed by atoms with Gasteiger partial charge in [0.25, 0.3) is 0 Å². The van der Waals surface area contributed by atoms with Crippen molar-refractivity contribution in [3.05, 3.63) is 29.8 Å². The zero-order valence-corrected chi connectivity index (χ0v) is 16.4. The van der Waals surface area contributed by atoms with E-state index in [1.807, 2.05) is 24.1 Å². The number of carbonyl (C=O) groups is 1. The first-order chi connectivity index (χ1) is 13.1. The van der Waals surface area contributed by atoms with Crippen molar-refractivity contribution in [2.75, 3.05) is 53.5 Å². The third-order valence-corrected chi connectivity index (χ3v) is 6.70. The fourth-order valence-corrected chi connectivity index (χ4v) is 5.40. The van der Waals surface area contributed by atoms with Crippen LogP contribution in [-0.2, 0) is 9.53 Å². The van der Waals surface area contributed by atoms with Crippen molar-refractivity contribution in [1.82, 2.24) is 14.7 Å². The number of fused-ring (bicyclic) bond motifs is 2. The lowest BCUT2D eigenvalue weighted by Gasteiger charge is -2.51. The van der Waals surface area contributed by atoms with Gasteiger partial charge in [-0.15, -0.1) is 0 Å². The minimum Gasteiger partial charge on any atom is -0.508 e. The number of likely N-dealkylation sites (tertiary alicyclic amines) is 1. The van der Waals surface area contributed by atoms with Crippen LogP contribution in [0.1, 0.15) is 24.3 Å². The molecule has 4 fully saturated rings. The Kier molecular flexibility index (Phi) is 5.39. The molecule has 6 nitrogen and oxygen atoms in total. The number of phenols is 1. The number of ether oxygens (including phenoxy) is 1. The van der Waals surface area contributed by atoms with Gasteiger partial charge in [0.05, 0.1) is 19.2 Å². The summed E-state index contributed by atoms with van der Waals surface area (Å²) in [6.45, 7) is 4.86. The Morgan fingerprint density at radius 1 is 1.30 bits per heavy atom. The van der Waals surface area contributed by atoms with Gasteiger partial charge in [-0.1, -0.05) is 12.1 Å². The van der Waals surface area contributed by atoms with Crippen molar-refractivity contribution in [1.29, 1.82) is 0 Å². The van der Waals surface area contributed by atoms with Crippen LogP contribution in [-0.4, -0.2) is 91.3 Å². The van der Waals surface area contributed by atoms with Gasteiger partial charge in [-0.25, -0.2) is 0 Å². The second-order valence-corrected chi connectivity index (χ2v) is 8.33. The van der Waals surface area contributed by atoms with Gasteiger partial charge in [0, 0.05) is 32.2 Å². The molecule has 1 amide bonds. The van der Waals surface area contributed by atoms with Gasteiger partial charge < -0.3 is 14.7 Å². The number of hydrogen-bond donors (Lipinski definition) is 1. The van der Waals surface area contributed by atoms with Crippen LogP contribution in [0.15, 0.2) is 24.3 Å². The zero-order valence-electron chi connectivity index (χ0n) is 16.4. The fourth-order valence-electron chi connectivity index (χ4n) is 5.40. The summed E-state index contributed by atoms with van der Waals surface area (Å²) >= 11 is 0. The molecule has 4 heterocycles. The molecule has 1 aromatic rings. The number of phenolic OH excluding ortho intramolecular Hbond substituents is 1. The zero-order chi connectivity index (χ0) is 19.0. The Balaban J connectivity index is 1.56. The van der Waals surface area contributed by atoms with Crippen LogP contribution in [0.5, 0.6) is 5.75 Å². The minimum atomic E-state index is 0.222. The Labute approximate surface area is 161 Å². The van der Waals surface area contributed by atoms with E-state index in [0.29, 0.717) is 36.9 Å². The molecular formula is C21H31N3O3. The van der Waals surface area contributed by atoms with Crippen LogP contribution in [0.4, 0.5) is 0 Å². The van der Waals surface area contributed by atoms with E-state index in [2.05, 4.69) is 15.9 Å². The Bertz CT molecular complexity index is 674. The van der Waals surface area contributed by atoms with Gasteiger partial charge in [0.2, 0.25) is 5.91 Å². The molecule has 4 aliphatic rings. The highest BCUT2D eigenvalue weighted by Crippen LogP contribution is 2.46. The SMILES string of the molecule is COCCN(C)CC(=O)N1C[C@H](c2cccc(O)c2)[C@H]2[C@@H]1C1CCN2CC1. The Morgan fingerprint density at radius 3 is 2.78 bits per heavy atom. The maximum absolute atomic E-state index is 13.2. The highest BCUT2D eigenvalue weighted by Gasteiger charge is 2.54. The average Bonchev–Trinajstić information content (AvgIpc) is 3.10. The topological polar surface area (TPSA) is 56.3 Å². The summed E-state index contributed by atoms with van der Waals surface area (Å²) in [5.41, 5.74) is 1.15. The molecule has 0 aliphatic carbocycles. The van der Waals surface area contributed by atoms with E-state index in [1.165, 1.54) is 12.8 Å². The van der Waals surface area contributed by atoms with Crippen LogP contribution in [0.2, 0.25) is 0 Å². The van der Waals surface area contributed by atoms with E-state index in [4.69, 9.17) is 4.74 Å². The molecule has 148 valence electrons. The van der Waals surface area contributed by atoms with E-state index < -0.39 is 0 Å². The van der Waals surface area contributed by atoms with Crippen LogP contribution in [0, 0.1) is 5.92 Å². The van der Waals surface area contributed by atoms with Crippen molar-refractivity contribution in [3.8, 4) is 5.75 Å². The van der Waals surface area contributed by atoms with E-state index in [-0.39, 0.29) is 11.8 Å².